The van der Waals surface area contributed by atoms with E-state index >= 15 is 0 Å². The van der Waals surface area contributed by atoms with Crippen molar-refractivity contribution in [1.29, 1.82) is 0 Å². The molecule has 1 unspecified atom stereocenters. The van der Waals surface area contributed by atoms with Gasteiger partial charge in [0, 0.05) is 17.8 Å². The van der Waals surface area contributed by atoms with E-state index in [2.05, 4.69) is 0 Å². The van der Waals surface area contributed by atoms with E-state index in [0.717, 1.165) is 36.9 Å². The molecule has 0 fully saturated rings. The number of aromatic nitrogens is 1. The predicted molar refractivity (Wildman–Crippen MR) is 85.4 cm³/mol. The molecule has 0 spiro atoms. The third-order valence-electron chi connectivity index (χ3n) is 4.51. The first-order valence-corrected chi connectivity index (χ1v) is 7.88. The number of fused-ring (bicyclic) bond motifs is 1. The Morgan fingerprint density at radius 2 is 1.91 bits per heavy atom. The van der Waals surface area contributed by atoms with Crippen LogP contribution >= 0.6 is 0 Å². The third-order valence-corrected chi connectivity index (χ3v) is 4.51. The topological polar surface area (TPSA) is 48.0 Å². The van der Waals surface area contributed by atoms with E-state index in [1.54, 1.807) is 12.1 Å². The van der Waals surface area contributed by atoms with Gasteiger partial charge in [-0.15, -0.1) is 0 Å². The van der Waals surface area contributed by atoms with Gasteiger partial charge in [-0.25, -0.2) is 4.39 Å². The molecular formula is C18H21FN2O. The zero-order valence-electron chi connectivity index (χ0n) is 12.8. The Bertz CT molecular complexity index is 734. The maximum absolute atomic E-state index is 13.1. The second-order valence-electron chi connectivity index (χ2n) is 5.86. The minimum atomic E-state index is -0.516. The summed E-state index contributed by atoms with van der Waals surface area (Å²) in [7, 11) is 0. The molecule has 0 aliphatic heterocycles. The molecule has 0 amide bonds. The normalized spacial score (nSPS) is 15.4. The molecule has 1 aliphatic rings. The summed E-state index contributed by atoms with van der Waals surface area (Å²) in [6.07, 6.45) is 4.25. The fourth-order valence-corrected chi connectivity index (χ4v) is 3.31. The average Bonchev–Trinajstić information content (AvgIpc) is 2.54. The number of rotatable bonds is 3. The van der Waals surface area contributed by atoms with Crippen LogP contribution in [0.2, 0.25) is 0 Å². The lowest BCUT2D eigenvalue weighted by Gasteiger charge is -2.23. The van der Waals surface area contributed by atoms with Gasteiger partial charge in [0.1, 0.15) is 5.82 Å². The van der Waals surface area contributed by atoms with Crippen LogP contribution in [0.15, 0.2) is 35.1 Å². The van der Waals surface area contributed by atoms with Gasteiger partial charge >= 0.3 is 0 Å². The summed E-state index contributed by atoms with van der Waals surface area (Å²) in [6.45, 7) is 2.65. The Balaban J connectivity index is 2.10. The summed E-state index contributed by atoms with van der Waals surface area (Å²) in [4.78, 5) is 12.8. The molecule has 0 radical (unpaired) electrons. The molecule has 116 valence electrons. The Hall–Kier alpha value is -1.94. The van der Waals surface area contributed by atoms with E-state index in [1.165, 1.54) is 17.7 Å². The predicted octanol–water partition coefficient (Wildman–Crippen LogP) is 2.93. The highest BCUT2D eigenvalue weighted by molar-refractivity contribution is 5.36. The van der Waals surface area contributed by atoms with Crippen molar-refractivity contribution in [2.24, 2.45) is 5.73 Å². The molecule has 0 saturated carbocycles. The van der Waals surface area contributed by atoms with E-state index in [1.807, 2.05) is 17.6 Å². The second kappa shape index (κ2) is 6.05. The Morgan fingerprint density at radius 3 is 2.59 bits per heavy atom. The zero-order valence-corrected chi connectivity index (χ0v) is 12.8. The SMILES string of the molecule is CCn1c2c(cc(C(N)c3ccc(F)cc3)c1=O)CCCC2. The van der Waals surface area contributed by atoms with Crippen molar-refractivity contribution < 1.29 is 4.39 Å². The fourth-order valence-electron chi connectivity index (χ4n) is 3.31. The first-order valence-electron chi connectivity index (χ1n) is 7.88. The molecule has 3 rings (SSSR count). The van der Waals surface area contributed by atoms with Gasteiger partial charge in [-0.2, -0.15) is 0 Å². The molecule has 0 bridgehead atoms. The van der Waals surface area contributed by atoms with Crippen LogP contribution in [0.3, 0.4) is 0 Å². The Kier molecular flexibility index (Phi) is 4.12. The first-order chi connectivity index (χ1) is 10.6. The van der Waals surface area contributed by atoms with E-state index in [9.17, 15) is 9.18 Å². The minimum absolute atomic E-state index is 0.0139. The van der Waals surface area contributed by atoms with Crippen molar-refractivity contribution >= 4 is 0 Å². The molecule has 1 atom stereocenters. The molecule has 0 saturated heterocycles. The van der Waals surface area contributed by atoms with Crippen LogP contribution in [-0.4, -0.2) is 4.57 Å². The van der Waals surface area contributed by atoms with Crippen molar-refractivity contribution in [2.45, 2.75) is 45.2 Å². The minimum Gasteiger partial charge on any atom is -0.320 e. The number of hydrogen-bond acceptors (Lipinski definition) is 2. The standard InChI is InChI=1S/C18H21FN2O/c1-2-21-16-6-4-3-5-13(16)11-15(18(21)22)17(20)12-7-9-14(19)10-8-12/h7-11,17H,2-6,20H2,1H3. The molecule has 22 heavy (non-hydrogen) atoms. The number of hydrogen-bond donors (Lipinski definition) is 1. The van der Waals surface area contributed by atoms with Crippen molar-refractivity contribution in [3.63, 3.8) is 0 Å². The maximum atomic E-state index is 13.1. The molecule has 4 heteroatoms. The highest BCUT2D eigenvalue weighted by Gasteiger charge is 2.21. The summed E-state index contributed by atoms with van der Waals surface area (Å²) in [5.74, 6) is -0.299. The third kappa shape index (κ3) is 2.59. The monoisotopic (exact) mass is 300 g/mol. The van der Waals surface area contributed by atoms with Crippen LogP contribution in [0.4, 0.5) is 4.39 Å². The fraction of sp³-hybridized carbons (Fsp3) is 0.389. The van der Waals surface area contributed by atoms with Crippen LogP contribution in [0.5, 0.6) is 0 Å². The quantitative estimate of drug-likeness (QED) is 0.947. The molecule has 1 heterocycles. The lowest BCUT2D eigenvalue weighted by Crippen LogP contribution is -2.32. The van der Waals surface area contributed by atoms with Gasteiger partial charge in [0.05, 0.1) is 6.04 Å². The number of aryl methyl sites for hydroxylation is 1. The maximum Gasteiger partial charge on any atom is 0.255 e. The van der Waals surface area contributed by atoms with E-state index < -0.39 is 6.04 Å². The van der Waals surface area contributed by atoms with Crippen LogP contribution in [-0.2, 0) is 19.4 Å². The largest absolute Gasteiger partial charge is 0.320 e. The molecule has 1 aromatic carbocycles. The van der Waals surface area contributed by atoms with Crippen LogP contribution < -0.4 is 11.3 Å². The highest BCUT2D eigenvalue weighted by atomic mass is 19.1. The number of nitrogens with zero attached hydrogens (tertiary/aromatic N) is 1. The molecule has 1 aliphatic carbocycles. The van der Waals surface area contributed by atoms with Crippen LogP contribution in [0.1, 0.15) is 48.2 Å². The average molecular weight is 300 g/mol. The summed E-state index contributed by atoms with van der Waals surface area (Å²) in [5.41, 5.74) is 10.0. The molecule has 3 nitrogen and oxygen atoms in total. The van der Waals surface area contributed by atoms with Crippen molar-refractivity contribution in [1.82, 2.24) is 4.57 Å². The van der Waals surface area contributed by atoms with Gasteiger partial charge in [-0.1, -0.05) is 12.1 Å². The van der Waals surface area contributed by atoms with Crippen molar-refractivity contribution in [2.75, 3.05) is 0 Å². The summed E-state index contributed by atoms with van der Waals surface area (Å²) < 4.78 is 14.9. The molecule has 1 aromatic heterocycles. The molecular weight excluding hydrogens is 279 g/mol. The number of halogens is 1. The van der Waals surface area contributed by atoms with Gasteiger partial charge in [0.15, 0.2) is 0 Å². The Morgan fingerprint density at radius 1 is 1.23 bits per heavy atom. The smallest absolute Gasteiger partial charge is 0.255 e. The second-order valence-corrected chi connectivity index (χ2v) is 5.86. The molecule has 2 aromatic rings. The van der Waals surface area contributed by atoms with E-state index in [0.29, 0.717) is 12.1 Å². The number of benzene rings is 1. The zero-order chi connectivity index (χ0) is 15.7. The summed E-state index contributed by atoms with van der Waals surface area (Å²) in [6, 6.07) is 7.51. The lowest BCUT2D eigenvalue weighted by molar-refractivity contribution is 0.582. The van der Waals surface area contributed by atoms with Crippen LogP contribution in [0.25, 0.3) is 0 Å². The summed E-state index contributed by atoms with van der Waals surface area (Å²) >= 11 is 0. The lowest BCUT2D eigenvalue weighted by atomic mass is 9.91. The first kappa shape index (κ1) is 15.0. The highest BCUT2D eigenvalue weighted by Crippen LogP contribution is 2.24. The Labute approximate surface area is 129 Å². The van der Waals surface area contributed by atoms with Crippen molar-refractivity contribution in [3.05, 3.63) is 68.9 Å². The van der Waals surface area contributed by atoms with Gasteiger partial charge in [-0.3, -0.25) is 4.79 Å². The van der Waals surface area contributed by atoms with Gasteiger partial charge in [0.25, 0.3) is 5.56 Å². The van der Waals surface area contributed by atoms with Crippen LogP contribution in [0, 0.1) is 5.82 Å². The van der Waals surface area contributed by atoms with Gasteiger partial charge in [-0.05, 0) is 61.9 Å². The van der Waals surface area contributed by atoms with E-state index in [-0.39, 0.29) is 11.4 Å². The van der Waals surface area contributed by atoms with E-state index in [4.69, 9.17) is 5.73 Å². The number of pyridine rings is 1. The van der Waals surface area contributed by atoms with Crippen molar-refractivity contribution in [3.8, 4) is 0 Å². The van der Waals surface area contributed by atoms with Gasteiger partial charge < -0.3 is 10.3 Å². The molecule has 2 N–H and O–H groups in total. The number of nitrogens with two attached hydrogens (primary N) is 1. The summed E-state index contributed by atoms with van der Waals surface area (Å²) in [5, 5.41) is 0. The van der Waals surface area contributed by atoms with Gasteiger partial charge in [0.2, 0.25) is 0 Å².